The number of hydrogen-bond acceptors (Lipinski definition) is 3. The van der Waals surface area contributed by atoms with E-state index in [1.807, 2.05) is 18.2 Å². The average Bonchev–Trinajstić information content (AvgIpc) is 3.17. The van der Waals surface area contributed by atoms with E-state index in [2.05, 4.69) is 5.32 Å². The Labute approximate surface area is 119 Å². The fraction of sp³-hybridized carbons (Fsp3) is 0.600. The van der Waals surface area contributed by atoms with Gasteiger partial charge in [-0.25, -0.2) is 0 Å². The van der Waals surface area contributed by atoms with Gasteiger partial charge in [0, 0.05) is 37.4 Å². The van der Waals surface area contributed by atoms with Crippen molar-refractivity contribution in [1.29, 1.82) is 0 Å². The Balaban J connectivity index is 1.75. The maximum absolute atomic E-state index is 10.1. The molecule has 1 unspecified atom stereocenters. The van der Waals surface area contributed by atoms with E-state index < -0.39 is 6.10 Å². The molecular formula is C15H22ClNO2. The number of nitrogens with one attached hydrogen (secondary N) is 1. The van der Waals surface area contributed by atoms with Gasteiger partial charge in [-0.3, -0.25) is 0 Å². The normalized spacial score (nSPS) is 18.3. The molecule has 3 nitrogen and oxygen atoms in total. The Kier molecular flexibility index (Phi) is 5.22. The van der Waals surface area contributed by atoms with Gasteiger partial charge in [-0.2, -0.15) is 0 Å². The molecule has 2 rings (SSSR count). The van der Waals surface area contributed by atoms with E-state index in [0.29, 0.717) is 17.0 Å². The third kappa shape index (κ3) is 4.18. The van der Waals surface area contributed by atoms with Crippen LogP contribution in [0.15, 0.2) is 24.3 Å². The molecule has 19 heavy (non-hydrogen) atoms. The number of benzene rings is 1. The van der Waals surface area contributed by atoms with Crippen molar-refractivity contribution < 1.29 is 9.84 Å². The zero-order chi connectivity index (χ0) is 13.7. The summed E-state index contributed by atoms with van der Waals surface area (Å²) in [6, 6.07) is 7.44. The first kappa shape index (κ1) is 14.8. The van der Waals surface area contributed by atoms with Crippen molar-refractivity contribution in [2.24, 2.45) is 5.41 Å². The zero-order valence-corrected chi connectivity index (χ0v) is 12.1. The fourth-order valence-corrected chi connectivity index (χ4v) is 2.60. The average molecular weight is 284 g/mol. The van der Waals surface area contributed by atoms with Gasteiger partial charge in [-0.15, -0.1) is 0 Å². The summed E-state index contributed by atoms with van der Waals surface area (Å²) in [4.78, 5) is 0. The van der Waals surface area contributed by atoms with Crippen LogP contribution in [0.25, 0.3) is 0 Å². The quantitative estimate of drug-likeness (QED) is 0.771. The minimum Gasteiger partial charge on any atom is -0.387 e. The summed E-state index contributed by atoms with van der Waals surface area (Å²) in [5.74, 6) is 0. The lowest BCUT2D eigenvalue weighted by Crippen LogP contribution is -2.29. The molecule has 1 fully saturated rings. The van der Waals surface area contributed by atoms with Crippen molar-refractivity contribution in [2.45, 2.75) is 25.4 Å². The maximum atomic E-state index is 10.1. The lowest BCUT2D eigenvalue weighted by Gasteiger charge is -2.18. The first-order valence-electron chi connectivity index (χ1n) is 6.79. The summed E-state index contributed by atoms with van der Waals surface area (Å²) < 4.78 is 5.14. The summed E-state index contributed by atoms with van der Waals surface area (Å²) >= 11 is 6.06. The van der Waals surface area contributed by atoms with Crippen molar-refractivity contribution >= 4 is 11.6 Å². The molecule has 0 aliphatic heterocycles. The Bertz CT molecular complexity index is 407. The van der Waals surface area contributed by atoms with Crippen LogP contribution in [-0.4, -0.2) is 31.9 Å². The minimum atomic E-state index is -0.549. The third-order valence-corrected chi connectivity index (χ3v) is 4.24. The molecule has 0 bridgehead atoms. The van der Waals surface area contributed by atoms with Crippen LogP contribution in [-0.2, 0) is 4.74 Å². The molecule has 0 saturated heterocycles. The largest absolute Gasteiger partial charge is 0.387 e. The van der Waals surface area contributed by atoms with Gasteiger partial charge >= 0.3 is 0 Å². The number of hydrogen-bond donors (Lipinski definition) is 2. The highest BCUT2D eigenvalue weighted by molar-refractivity contribution is 6.31. The van der Waals surface area contributed by atoms with Crippen molar-refractivity contribution in [3.63, 3.8) is 0 Å². The lowest BCUT2D eigenvalue weighted by atomic mass is 10.0. The number of rotatable bonds is 8. The molecule has 0 radical (unpaired) electrons. The summed E-state index contributed by atoms with van der Waals surface area (Å²) in [5.41, 5.74) is 1.19. The summed E-state index contributed by atoms with van der Waals surface area (Å²) in [5, 5.41) is 14.1. The zero-order valence-electron chi connectivity index (χ0n) is 11.4. The highest BCUT2D eigenvalue weighted by Gasteiger charge is 2.41. The number of aliphatic hydroxyl groups is 1. The van der Waals surface area contributed by atoms with Gasteiger partial charge in [-0.1, -0.05) is 29.8 Å². The number of halogens is 1. The first-order valence-corrected chi connectivity index (χ1v) is 7.17. The molecule has 0 spiro atoms. The standard InChI is InChI=1S/C15H22ClNO2/c1-19-9-8-15(6-7-15)11-17-10-14(18)12-4-2-3-5-13(12)16/h2-5,14,17-18H,6-11H2,1H3. The van der Waals surface area contributed by atoms with Crippen LogP contribution in [0.5, 0.6) is 0 Å². The molecule has 0 heterocycles. The van der Waals surface area contributed by atoms with E-state index in [4.69, 9.17) is 16.3 Å². The van der Waals surface area contributed by atoms with Gasteiger partial charge in [0.1, 0.15) is 0 Å². The van der Waals surface area contributed by atoms with E-state index >= 15 is 0 Å². The molecule has 2 N–H and O–H groups in total. The molecular weight excluding hydrogens is 262 g/mol. The van der Waals surface area contributed by atoms with Crippen molar-refractivity contribution in [1.82, 2.24) is 5.32 Å². The van der Waals surface area contributed by atoms with Crippen LogP contribution in [0.1, 0.15) is 30.9 Å². The van der Waals surface area contributed by atoms with Crippen molar-refractivity contribution in [3.05, 3.63) is 34.9 Å². The Morgan fingerprint density at radius 1 is 1.42 bits per heavy atom. The highest BCUT2D eigenvalue weighted by Crippen LogP contribution is 2.48. The molecule has 1 aromatic carbocycles. The third-order valence-electron chi connectivity index (χ3n) is 3.90. The van der Waals surface area contributed by atoms with Crippen LogP contribution >= 0.6 is 11.6 Å². The molecule has 1 aliphatic rings. The molecule has 1 atom stereocenters. The summed E-state index contributed by atoms with van der Waals surface area (Å²) in [6.07, 6.45) is 3.06. The van der Waals surface area contributed by atoms with Gasteiger partial charge in [0.05, 0.1) is 6.10 Å². The van der Waals surface area contributed by atoms with Gasteiger partial charge in [0.25, 0.3) is 0 Å². The van der Waals surface area contributed by atoms with Gasteiger partial charge in [-0.05, 0) is 30.7 Å². The molecule has 1 aromatic rings. The Morgan fingerprint density at radius 3 is 2.79 bits per heavy atom. The molecule has 1 saturated carbocycles. The predicted molar refractivity (Wildman–Crippen MR) is 77.4 cm³/mol. The predicted octanol–water partition coefficient (Wildman–Crippen LogP) is 2.78. The fourth-order valence-electron chi connectivity index (χ4n) is 2.34. The van der Waals surface area contributed by atoms with Gasteiger partial charge in [0.15, 0.2) is 0 Å². The Hall–Kier alpha value is -0.610. The molecule has 106 valence electrons. The summed E-state index contributed by atoms with van der Waals surface area (Å²) in [6.45, 7) is 2.30. The lowest BCUT2D eigenvalue weighted by molar-refractivity contribution is 0.158. The number of methoxy groups -OCH3 is 1. The van der Waals surface area contributed by atoms with E-state index in [-0.39, 0.29) is 0 Å². The van der Waals surface area contributed by atoms with E-state index in [1.54, 1.807) is 13.2 Å². The minimum absolute atomic E-state index is 0.399. The highest BCUT2D eigenvalue weighted by atomic mass is 35.5. The second kappa shape index (κ2) is 6.71. The molecule has 1 aliphatic carbocycles. The van der Waals surface area contributed by atoms with Crippen LogP contribution in [0.3, 0.4) is 0 Å². The first-order chi connectivity index (χ1) is 9.17. The monoisotopic (exact) mass is 283 g/mol. The van der Waals surface area contributed by atoms with Gasteiger partial charge in [0.2, 0.25) is 0 Å². The smallest absolute Gasteiger partial charge is 0.0928 e. The van der Waals surface area contributed by atoms with E-state index in [1.165, 1.54) is 12.8 Å². The van der Waals surface area contributed by atoms with Crippen LogP contribution in [0.4, 0.5) is 0 Å². The number of aliphatic hydroxyl groups excluding tert-OH is 1. The van der Waals surface area contributed by atoms with Gasteiger partial charge < -0.3 is 15.2 Å². The van der Waals surface area contributed by atoms with Crippen molar-refractivity contribution in [3.8, 4) is 0 Å². The second-order valence-corrected chi connectivity index (χ2v) is 5.82. The van der Waals surface area contributed by atoms with Crippen LogP contribution < -0.4 is 5.32 Å². The topological polar surface area (TPSA) is 41.5 Å². The second-order valence-electron chi connectivity index (χ2n) is 5.41. The van der Waals surface area contributed by atoms with Crippen molar-refractivity contribution in [2.75, 3.05) is 26.8 Å². The molecule has 0 amide bonds. The van der Waals surface area contributed by atoms with Crippen LogP contribution in [0.2, 0.25) is 5.02 Å². The summed E-state index contributed by atoms with van der Waals surface area (Å²) in [7, 11) is 1.74. The van der Waals surface area contributed by atoms with Crippen LogP contribution in [0, 0.1) is 5.41 Å². The number of ether oxygens (including phenoxy) is 1. The van der Waals surface area contributed by atoms with E-state index in [0.717, 1.165) is 25.1 Å². The molecule has 4 heteroatoms. The Morgan fingerprint density at radius 2 is 2.16 bits per heavy atom. The van der Waals surface area contributed by atoms with E-state index in [9.17, 15) is 5.11 Å². The maximum Gasteiger partial charge on any atom is 0.0928 e. The molecule has 0 aromatic heterocycles. The SMILES string of the molecule is COCCC1(CNCC(O)c2ccccc2Cl)CC1.